The number of rotatable bonds is 5. The first-order valence-electron chi connectivity index (χ1n) is 8.25. The highest BCUT2D eigenvalue weighted by Gasteiger charge is 2.21. The minimum absolute atomic E-state index is 0.154. The molecule has 0 unspecified atom stereocenters. The lowest BCUT2D eigenvalue weighted by Gasteiger charge is -2.35. The van der Waals surface area contributed by atoms with Crippen molar-refractivity contribution in [1.29, 1.82) is 0 Å². The molecule has 0 atom stereocenters. The average Bonchev–Trinajstić information content (AvgIpc) is 2.62. The zero-order valence-corrected chi connectivity index (χ0v) is 15.3. The van der Waals surface area contributed by atoms with E-state index in [1.54, 1.807) is 24.4 Å². The van der Waals surface area contributed by atoms with Gasteiger partial charge in [-0.2, -0.15) is 0 Å². The van der Waals surface area contributed by atoms with Crippen LogP contribution in [0, 0.1) is 0 Å². The molecule has 2 heterocycles. The maximum atomic E-state index is 12.4. The SMILES string of the molecule is O=C(CCNc1cc(Cl)cc(Cl)c1)N1CCN(c2ccccn2)CC1. The standard InChI is InChI=1S/C18H20Cl2N4O/c19-14-11-15(20)13-16(12-14)21-6-4-18(25)24-9-7-23(8-10-24)17-3-1-2-5-22-17/h1-3,5,11-13,21H,4,6-10H2. The van der Waals surface area contributed by atoms with Gasteiger partial charge in [0.05, 0.1) is 0 Å². The molecule has 1 N–H and O–H groups in total. The summed E-state index contributed by atoms with van der Waals surface area (Å²) >= 11 is 11.9. The van der Waals surface area contributed by atoms with Gasteiger partial charge in [0, 0.05) is 61.1 Å². The van der Waals surface area contributed by atoms with Crippen molar-refractivity contribution < 1.29 is 4.79 Å². The maximum Gasteiger partial charge on any atom is 0.224 e. The van der Waals surface area contributed by atoms with Crippen molar-refractivity contribution in [3.05, 3.63) is 52.6 Å². The molecule has 5 nitrogen and oxygen atoms in total. The molecular weight excluding hydrogens is 359 g/mol. The van der Waals surface area contributed by atoms with Gasteiger partial charge in [0.15, 0.2) is 0 Å². The van der Waals surface area contributed by atoms with E-state index in [4.69, 9.17) is 23.2 Å². The number of anilines is 2. The van der Waals surface area contributed by atoms with E-state index in [0.717, 1.165) is 37.7 Å². The summed E-state index contributed by atoms with van der Waals surface area (Å²) in [4.78, 5) is 20.8. The van der Waals surface area contributed by atoms with E-state index in [2.05, 4.69) is 15.2 Å². The number of piperazine rings is 1. The Balaban J connectivity index is 1.43. The molecule has 1 amide bonds. The number of nitrogens with zero attached hydrogens (tertiary/aromatic N) is 3. The third-order valence-electron chi connectivity index (χ3n) is 4.14. The van der Waals surface area contributed by atoms with E-state index in [1.165, 1.54) is 0 Å². The lowest BCUT2D eigenvalue weighted by atomic mass is 10.2. The zero-order chi connectivity index (χ0) is 17.6. The molecule has 0 bridgehead atoms. The van der Waals surface area contributed by atoms with Gasteiger partial charge in [0.25, 0.3) is 0 Å². The molecule has 1 saturated heterocycles. The molecule has 3 rings (SSSR count). The van der Waals surface area contributed by atoms with Gasteiger partial charge in [-0.3, -0.25) is 4.79 Å². The van der Waals surface area contributed by atoms with Gasteiger partial charge in [-0.1, -0.05) is 29.3 Å². The van der Waals surface area contributed by atoms with Crippen molar-refractivity contribution in [3.8, 4) is 0 Å². The van der Waals surface area contributed by atoms with Crippen LogP contribution in [0.25, 0.3) is 0 Å². The Bertz CT molecular complexity index is 698. The summed E-state index contributed by atoms with van der Waals surface area (Å²) in [5.74, 6) is 1.12. The highest BCUT2D eigenvalue weighted by molar-refractivity contribution is 6.35. The first kappa shape index (κ1) is 17.8. The van der Waals surface area contributed by atoms with Gasteiger partial charge in [-0.25, -0.2) is 4.98 Å². The van der Waals surface area contributed by atoms with E-state index >= 15 is 0 Å². The Labute approximate surface area is 157 Å². The molecule has 25 heavy (non-hydrogen) atoms. The van der Waals surface area contributed by atoms with Gasteiger partial charge in [-0.05, 0) is 30.3 Å². The zero-order valence-electron chi connectivity index (χ0n) is 13.8. The van der Waals surface area contributed by atoms with E-state index < -0.39 is 0 Å². The molecule has 1 aromatic heterocycles. The second-order valence-electron chi connectivity index (χ2n) is 5.89. The number of halogens is 2. The number of carbonyl (C=O) groups excluding carboxylic acids is 1. The molecule has 1 aromatic carbocycles. The van der Waals surface area contributed by atoms with Gasteiger partial charge in [-0.15, -0.1) is 0 Å². The molecule has 1 fully saturated rings. The molecule has 1 aliphatic rings. The van der Waals surface area contributed by atoms with Crippen LogP contribution in [-0.2, 0) is 4.79 Å². The van der Waals surface area contributed by atoms with Crippen LogP contribution in [0.4, 0.5) is 11.5 Å². The fourth-order valence-corrected chi connectivity index (χ4v) is 3.38. The van der Waals surface area contributed by atoms with Crippen LogP contribution in [0.3, 0.4) is 0 Å². The van der Waals surface area contributed by atoms with Gasteiger partial charge < -0.3 is 15.1 Å². The topological polar surface area (TPSA) is 48.5 Å². The largest absolute Gasteiger partial charge is 0.384 e. The number of carbonyl (C=O) groups is 1. The fourth-order valence-electron chi connectivity index (χ4n) is 2.85. The van der Waals surface area contributed by atoms with Crippen molar-refractivity contribution in [2.75, 3.05) is 42.9 Å². The Morgan fingerprint density at radius 2 is 1.80 bits per heavy atom. The third kappa shape index (κ3) is 5.00. The predicted molar refractivity (Wildman–Crippen MR) is 103 cm³/mol. The summed E-state index contributed by atoms with van der Waals surface area (Å²) < 4.78 is 0. The normalized spacial score (nSPS) is 14.5. The minimum Gasteiger partial charge on any atom is -0.384 e. The van der Waals surface area contributed by atoms with E-state index in [-0.39, 0.29) is 5.91 Å². The van der Waals surface area contributed by atoms with Crippen LogP contribution in [0.2, 0.25) is 10.0 Å². The molecule has 132 valence electrons. The maximum absolute atomic E-state index is 12.4. The first-order valence-corrected chi connectivity index (χ1v) is 9.01. The summed E-state index contributed by atoms with van der Waals surface area (Å²) in [6, 6.07) is 11.2. The molecule has 0 saturated carbocycles. The van der Waals surface area contributed by atoms with E-state index in [9.17, 15) is 4.79 Å². The molecule has 0 aliphatic carbocycles. The number of benzene rings is 1. The Morgan fingerprint density at radius 3 is 2.44 bits per heavy atom. The Hall–Kier alpha value is -1.98. The fraction of sp³-hybridized carbons (Fsp3) is 0.333. The number of aromatic nitrogens is 1. The molecule has 2 aromatic rings. The smallest absolute Gasteiger partial charge is 0.224 e. The van der Waals surface area contributed by atoms with Gasteiger partial charge in [0.2, 0.25) is 5.91 Å². The summed E-state index contributed by atoms with van der Waals surface area (Å²) in [6.45, 7) is 3.60. The number of amides is 1. The van der Waals surface area contributed by atoms with Crippen LogP contribution in [0.15, 0.2) is 42.6 Å². The Kier molecular flexibility index (Phi) is 6.00. The van der Waals surface area contributed by atoms with Crippen molar-refractivity contribution in [2.24, 2.45) is 0 Å². The second-order valence-corrected chi connectivity index (χ2v) is 6.76. The van der Waals surface area contributed by atoms with E-state index in [1.807, 2.05) is 23.1 Å². The quantitative estimate of drug-likeness (QED) is 0.864. The molecule has 1 aliphatic heterocycles. The number of pyridine rings is 1. The summed E-state index contributed by atoms with van der Waals surface area (Å²) in [7, 11) is 0. The van der Waals surface area contributed by atoms with Crippen molar-refractivity contribution >= 4 is 40.6 Å². The van der Waals surface area contributed by atoms with Crippen molar-refractivity contribution in [2.45, 2.75) is 6.42 Å². The lowest BCUT2D eigenvalue weighted by molar-refractivity contribution is -0.131. The molecular formula is C18H20Cl2N4O. The number of hydrogen-bond acceptors (Lipinski definition) is 4. The number of hydrogen-bond donors (Lipinski definition) is 1. The average molecular weight is 379 g/mol. The van der Waals surface area contributed by atoms with Crippen LogP contribution in [0.5, 0.6) is 0 Å². The van der Waals surface area contributed by atoms with Gasteiger partial charge in [0.1, 0.15) is 5.82 Å². The van der Waals surface area contributed by atoms with Crippen LogP contribution < -0.4 is 10.2 Å². The highest BCUT2D eigenvalue weighted by Crippen LogP contribution is 2.22. The first-order chi connectivity index (χ1) is 12.1. The predicted octanol–water partition coefficient (Wildman–Crippen LogP) is 3.54. The monoisotopic (exact) mass is 378 g/mol. The minimum atomic E-state index is 0.154. The molecule has 7 heteroatoms. The second kappa shape index (κ2) is 8.41. The third-order valence-corrected chi connectivity index (χ3v) is 4.57. The molecule has 0 spiro atoms. The van der Waals surface area contributed by atoms with Crippen molar-refractivity contribution in [1.82, 2.24) is 9.88 Å². The Morgan fingerprint density at radius 1 is 1.08 bits per heavy atom. The van der Waals surface area contributed by atoms with Crippen LogP contribution >= 0.6 is 23.2 Å². The van der Waals surface area contributed by atoms with Crippen LogP contribution in [-0.4, -0.2) is 48.5 Å². The summed E-state index contributed by atoms with van der Waals surface area (Å²) in [6.07, 6.45) is 2.23. The number of nitrogens with one attached hydrogen (secondary N) is 1. The van der Waals surface area contributed by atoms with Crippen molar-refractivity contribution in [3.63, 3.8) is 0 Å². The van der Waals surface area contributed by atoms with Gasteiger partial charge >= 0.3 is 0 Å². The van der Waals surface area contributed by atoms with E-state index in [0.29, 0.717) is 23.0 Å². The highest BCUT2D eigenvalue weighted by atomic mass is 35.5. The van der Waals surface area contributed by atoms with Crippen LogP contribution in [0.1, 0.15) is 6.42 Å². The lowest BCUT2D eigenvalue weighted by Crippen LogP contribution is -2.49. The molecule has 0 radical (unpaired) electrons. The summed E-state index contributed by atoms with van der Waals surface area (Å²) in [5.41, 5.74) is 0.824. The summed E-state index contributed by atoms with van der Waals surface area (Å²) in [5, 5.41) is 4.35.